The van der Waals surface area contributed by atoms with Crippen LogP contribution in [0.25, 0.3) is 0 Å². The normalized spacial score (nSPS) is 9.65. The Bertz CT molecular complexity index is 610. The van der Waals surface area contributed by atoms with E-state index in [1.54, 1.807) is 6.08 Å². The Morgan fingerprint density at radius 1 is 0.950 bits per heavy atom. The first kappa shape index (κ1) is 14.1. The quantitative estimate of drug-likeness (QED) is 0.458. The van der Waals surface area contributed by atoms with Crippen LogP contribution in [0, 0.1) is 18.8 Å². The van der Waals surface area contributed by atoms with Crippen molar-refractivity contribution in [2.75, 3.05) is 6.61 Å². The van der Waals surface area contributed by atoms with Gasteiger partial charge in [-0.05, 0) is 36.8 Å². The van der Waals surface area contributed by atoms with Crippen molar-refractivity contribution < 1.29 is 4.74 Å². The summed E-state index contributed by atoms with van der Waals surface area (Å²) in [6.45, 7) is 6.88. The van der Waals surface area contributed by atoms with Crippen LogP contribution in [-0.4, -0.2) is 6.61 Å². The second kappa shape index (κ2) is 7.33. The van der Waals surface area contributed by atoms with Crippen molar-refractivity contribution >= 4 is 0 Å². The van der Waals surface area contributed by atoms with Crippen molar-refractivity contribution in [1.29, 1.82) is 0 Å². The Morgan fingerprint density at radius 3 is 2.05 bits per heavy atom. The summed E-state index contributed by atoms with van der Waals surface area (Å²) >= 11 is 0. The van der Waals surface area contributed by atoms with E-state index in [0.717, 1.165) is 16.7 Å². The van der Waals surface area contributed by atoms with Gasteiger partial charge in [-0.15, -0.1) is 6.58 Å². The molecular formula is C19H18O. The Labute approximate surface area is 120 Å². The van der Waals surface area contributed by atoms with Crippen molar-refractivity contribution in [3.8, 4) is 11.8 Å². The molecule has 0 saturated carbocycles. The van der Waals surface area contributed by atoms with Crippen LogP contribution >= 0.6 is 0 Å². The summed E-state index contributed by atoms with van der Waals surface area (Å²) in [7, 11) is 0. The van der Waals surface area contributed by atoms with Gasteiger partial charge in [0.15, 0.2) is 0 Å². The molecule has 100 valence electrons. The lowest BCUT2D eigenvalue weighted by molar-refractivity contribution is 0.149. The van der Waals surface area contributed by atoms with Gasteiger partial charge in [0.2, 0.25) is 0 Å². The first-order valence-electron chi connectivity index (χ1n) is 6.64. The van der Waals surface area contributed by atoms with Crippen LogP contribution in [0.4, 0.5) is 0 Å². The Hall–Kier alpha value is -2.30. The van der Waals surface area contributed by atoms with Crippen molar-refractivity contribution in [2.45, 2.75) is 13.5 Å². The zero-order valence-corrected chi connectivity index (χ0v) is 11.7. The predicted molar refractivity (Wildman–Crippen MR) is 83.5 cm³/mol. The highest BCUT2D eigenvalue weighted by atomic mass is 16.5. The van der Waals surface area contributed by atoms with Gasteiger partial charge in [0, 0.05) is 11.1 Å². The van der Waals surface area contributed by atoms with Crippen molar-refractivity contribution in [1.82, 2.24) is 0 Å². The molecule has 0 aliphatic heterocycles. The van der Waals surface area contributed by atoms with Gasteiger partial charge in [-0.2, -0.15) is 0 Å². The molecule has 0 amide bonds. The van der Waals surface area contributed by atoms with Gasteiger partial charge in [-0.25, -0.2) is 0 Å². The van der Waals surface area contributed by atoms with E-state index in [0.29, 0.717) is 13.2 Å². The third-order valence-corrected chi connectivity index (χ3v) is 2.86. The fourth-order valence-electron chi connectivity index (χ4n) is 1.73. The summed E-state index contributed by atoms with van der Waals surface area (Å²) in [6, 6.07) is 16.4. The minimum atomic E-state index is 0.578. The zero-order chi connectivity index (χ0) is 14.2. The van der Waals surface area contributed by atoms with Gasteiger partial charge in [-0.1, -0.05) is 47.7 Å². The highest BCUT2D eigenvalue weighted by Gasteiger charge is 1.93. The monoisotopic (exact) mass is 262 g/mol. The summed E-state index contributed by atoms with van der Waals surface area (Å²) in [6.07, 6.45) is 1.75. The van der Waals surface area contributed by atoms with E-state index in [1.807, 2.05) is 36.4 Å². The van der Waals surface area contributed by atoms with Gasteiger partial charge in [0.1, 0.15) is 0 Å². The molecule has 0 bridgehead atoms. The fourth-order valence-corrected chi connectivity index (χ4v) is 1.73. The molecule has 1 nitrogen and oxygen atoms in total. The van der Waals surface area contributed by atoms with Gasteiger partial charge in [0.25, 0.3) is 0 Å². The van der Waals surface area contributed by atoms with E-state index in [9.17, 15) is 0 Å². The maximum atomic E-state index is 5.40. The zero-order valence-electron chi connectivity index (χ0n) is 11.7. The molecule has 0 N–H and O–H groups in total. The molecule has 0 aromatic heterocycles. The molecular weight excluding hydrogens is 244 g/mol. The lowest BCUT2D eigenvalue weighted by atomic mass is 10.1. The predicted octanol–water partition coefficient (Wildman–Crippen LogP) is 4.10. The minimum Gasteiger partial charge on any atom is -0.373 e. The molecule has 0 heterocycles. The van der Waals surface area contributed by atoms with Gasteiger partial charge < -0.3 is 4.74 Å². The fraction of sp³-hybridized carbons (Fsp3) is 0.158. The van der Waals surface area contributed by atoms with E-state index in [2.05, 4.69) is 37.5 Å². The SMILES string of the molecule is C=CCOCc1ccc(C#Cc2ccc(C)cc2)cc1. The lowest BCUT2D eigenvalue weighted by Gasteiger charge is -2.01. The summed E-state index contributed by atoms with van der Waals surface area (Å²) in [4.78, 5) is 0. The molecule has 0 atom stereocenters. The smallest absolute Gasteiger partial charge is 0.0721 e. The van der Waals surface area contributed by atoms with Crippen LogP contribution in [-0.2, 0) is 11.3 Å². The molecule has 0 radical (unpaired) electrons. The molecule has 2 aromatic carbocycles. The van der Waals surface area contributed by atoms with Crippen molar-refractivity contribution in [2.24, 2.45) is 0 Å². The van der Waals surface area contributed by atoms with E-state index in [1.165, 1.54) is 5.56 Å². The van der Waals surface area contributed by atoms with Crippen LogP contribution in [0.15, 0.2) is 61.2 Å². The van der Waals surface area contributed by atoms with E-state index in [-0.39, 0.29) is 0 Å². The van der Waals surface area contributed by atoms with Crippen LogP contribution < -0.4 is 0 Å². The standard InChI is InChI=1S/C19H18O/c1-3-14-20-15-19-12-10-18(11-13-19)9-8-17-6-4-16(2)5-7-17/h3-7,10-13H,1,14-15H2,2H3. The van der Waals surface area contributed by atoms with Gasteiger partial charge in [-0.3, -0.25) is 0 Å². The number of rotatable bonds is 4. The third kappa shape index (κ3) is 4.42. The van der Waals surface area contributed by atoms with E-state index < -0.39 is 0 Å². The molecule has 2 rings (SSSR count). The molecule has 1 heteroatoms. The number of hydrogen-bond donors (Lipinski definition) is 0. The molecule has 2 aromatic rings. The Kier molecular flexibility index (Phi) is 5.17. The number of aryl methyl sites for hydroxylation is 1. The summed E-state index contributed by atoms with van der Waals surface area (Å²) in [5.41, 5.74) is 4.44. The topological polar surface area (TPSA) is 9.23 Å². The second-order valence-corrected chi connectivity index (χ2v) is 4.62. The van der Waals surface area contributed by atoms with Gasteiger partial charge in [0.05, 0.1) is 13.2 Å². The molecule has 0 saturated heterocycles. The highest BCUT2D eigenvalue weighted by Crippen LogP contribution is 2.06. The third-order valence-electron chi connectivity index (χ3n) is 2.86. The first-order valence-corrected chi connectivity index (χ1v) is 6.64. The summed E-state index contributed by atoms with van der Waals surface area (Å²) in [5, 5.41) is 0. The maximum absolute atomic E-state index is 5.40. The molecule has 20 heavy (non-hydrogen) atoms. The molecule has 0 aliphatic rings. The second-order valence-electron chi connectivity index (χ2n) is 4.62. The highest BCUT2D eigenvalue weighted by molar-refractivity contribution is 5.43. The average Bonchev–Trinajstić information content (AvgIpc) is 2.48. The van der Waals surface area contributed by atoms with Crippen molar-refractivity contribution in [3.05, 3.63) is 83.4 Å². The molecule has 0 unspecified atom stereocenters. The van der Waals surface area contributed by atoms with Crippen LogP contribution in [0.5, 0.6) is 0 Å². The molecule has 0 spiro atoms. The molecule has 0 fully saturated rings. The van der Waals surface area contributed by atoms with Crippen LogP contribution in [0.1, 0.15) is 22.3 Å². The van der Waals surface area contributed by atoms with Crippen molar-refractivity contribution in [3.63, 3.8) is 0 Å². The minimum absolute atomic E-state index is 0.578. The van der Waals surface area contributed by atoms with E-state index >= 15 is 0 Å². The number of benzene rings is 2. The largest absolute Gasteiger partial charge is 0.373 e. The van der Waals surface area contributed by atoms with E-state index in [4.69, 9.17) is 4.74 Å². The van der Waals surface area contributed by atoms with Crippen LogP contribution in [0.3, 0.4) is 0 Å². The molecule has 0 aliphatic carbocycles. The summed E-state index contributed by atoms with van der Waals surface area (Å²) in [5.74, 6) is 6.33. The van der Waals surface area contributed by atoms with Gasteiger partial charge >= 0.3 is 0 Å². The first-order chi connectivity index (χ1) is 9.78. The Morgan fingerprint density at radius 2 is 1.50 bits per heavy atom. The average molecular weight is 262 g/mol. The Balaban J connectivity index is 2.00. The number of hydrogen-bond acceptors (Lipinski definition) is 1. The number of ether oxygens (including phenoxy) is 1. The summed E-state index contributed by atoms with van der Waals surface area (Å²) < 4.78 is 5.40. The maximum Gasteiger partial charge on any atom is 0.0721 e. The lowest BCUT2D eigenvalue weighted by Crippen LogP contribution is -1.92. The van der Waals surface area contributed by atoms with Crippen LogP contribution in [0.2, 0.25) is 0 Å².